The van der Waals surface area contributed by atoms with Crippen LogP contribution in [-0.4, -0.2) is 13.7 Å². The average molecular weight is 335 g/mol. The molecule has 2 aromatic carbocycles. The molecule has 1 atom stereocenters. The third kappa shape index (κ3) is 3.54. The number of halogens is 1. The van der Waals surface area contributed by atoms with Gasteiger partial charge < -0.3 is 9.47 Å². The molecule has 0 aliphatic heterocycles. The van der Waals surface area contributed by atoms with Crippen molar-refractivity contribution >= 4 is 15.9 Å². The van der Waals surface area contributed by atoms with Gasteiger partial charge in [0.05, 0.1) is 13.7 Å². The summed E-state index contributed by atoms with van der Waals surface area (Å²) in [4.78, 5) is 0.196. The number of para-hydroxylation sites is 2. The summed E-state index contributed by atoms with van der Waals surface area (Å²) in [5, 5.41) is 0. The van der Waals surface area contributed by atoms with Gasteiger partial charge in [-0.05, 0) is 31.0 Å². The summed E-state index contributed by atoms with van der Waals surface area (Å²) < 4.78 is 11.1. The smallest absolute Gasteiger partial charge is 0.123 e. The van der Waals surface area contributed by atoms with Crippen molar-refractivity contribution in [3.05, 3.63) is 59.7 Å². The van der Waals surface area contributed by atoms with Gasteiger partial charge in [0.2, 0.25) is 0 Å². The Balaban J connectivity index is 2.21. The van der Waals surface area contributed by atoms with Crippen LogP contribution in [0.25, 0.3) is 0 Å². The largest absolute Gasteiger partial charge is 0.496 e. The van der Waals surface area contributed by atoms with Crippen molar-refractivity contribution in [3.63, 3.8) is 0 Å². The predicted molar refractivity (Wildman–Crippen MR) is 86.0 cm³/mol. The first kappa shape index (κ1) is 14.9. The van der Waals surface area contributed by atoms with Gasteiger partial charge in [-0.1, -0.05) is 52.3 Å². The summed E-state index contributed by atoms with van der Waals surface area (Å²) in [6.07, 6.45) is 0.855. The van der Waals surface area contributed by atoms with E-state index in [9.17, 15) is 0 Å². The highest BCUT2D eigenvalue weighted by Gasteiger charge is 2.15. The van der Waals surface area contributed by atoms with Crippen molar-refractivity contribution in [2.45, 2.75) is 18.2 Å². The second-order valence-electron chi connectivity index (χ2n) is 4.45. The van der Waals surface area contributed by atoms with Gasteiger partial charge in [0, 0.05) is 10.4 Å². The zero-order chi connectivity index (χ0) is 14.4. The fourth-order valence-electron chi connectivity index (χ4n) is 2.20. The van der Waals surface area contributed by atoms with E-state index in [-0.39, 0.29) is 4.83 Å². The molecule has 0 bridgehead atoms. The fourth-order valence-corrected chi connectivity index (χ4v) is 2.93. The molecule has 0 saturated carbocycles. The molecule has 0 spiro atoms. The van der Waals surface area contributed by atoms with Crippen LogP contribution in [0.15, 0.2) is 48.5 Å². The van der Waals surface area contributed by atoms with Gasteiger partial charge >= 0.3 is 0 Å². The lowest BCUT2D eigenvalue weighted by Crippen LogP contribution is -2.02. The third-order valence-electron chi connectivity index (χ3n) is 3.15. The normalized spacial score (nSPS) is 11.9. The van der Waals surface area contributed by atoms with Gasteiger partial charge in [0.25, 0.3) is 0 Å². The maximum absolute atomic E-state index is 5.69. The SMILES string of the molecule is CCOc1ccccc1C(Br)Cc1ccccc1OC. The number of hydrogen-bond donors (Lipinski definition) is 0. The number of benzene rings is 2. The number of methoxy groups -OCH3 is 1. The minimum Gasteiger partial charge on any atom is -0.496 e. The van der Waals surface area contributed by atoms with E-state index in [2.05, 4.69) is 28.1 Å². The van der Waals surface area contributed by atoms with Crippen LogP contribution in [0.2, 0.25) is 0 Å². The van der Waals surface area contributed by atoms with Gasteiger partial charge in [0.1, 0.15) is 11.5 Å². The van der Waals surface area contributed by atoms with Gasteiger partial charge in [-0.25, -0.2) is 0 Å². The van der Waals surface area contributed by atoms with E-state index in [4.69, 9.17) is 9.47 Å². The number of hydrogen-bond acceptors (Lipinski definition) is 2. The minimum absolute atomic E-state index is 0.196. The molecule has 0 amide bonds. The highest BCUT2D eigenvalue weighted by atomic mass is 79.9. The molecule has 0 radical (unpaired) electrons. The van der Waals surface area contributed by atoms with Crippen molar-refractivity contribution in [3.8, 4) is 11.5 Å². The summed E-state index contributed by atoms with van der Waals surface area (Å²) in [7, 11) is 1.70. The number of alkyl halides is 1. The van der Waals surface area contributed by atoms with Gasteiger partial charge in [0.15, 0.2) is 0 Å². The summed E-state index contributed by atoms with van der Waals surface area (Å²) in [6, 6.07) is 16.2. The monoisotopic (exact) mass is 334 g/mol. The first-order valence-electron chi connectivity index (χ1n) is 6.74. The van der Waals surface area contributed by atoms with E-state index in [1.54, 1.807) is 7.11 Å². The van der Waals surface area contributed by atoms with Crippen molar-refractivity contribution in [2.75, 3.05) is 13.7 Å². The van der Waals surface area contributed by atoms with E-state index in [0.29, 0.717) is 6.61 Å². The molecule has 2 rings (SSSR count). The summed E-state index contributed by atoms with van der Waals surface area (Å²) in [6.45, 7) is 2.67. The van der Waals surface area contributed by atoms with Crippen molar-refractivity contribution in [1.82, 2.24) is 0 Å². The quantitative estimate of drug-likeness (QED) is 0.708. The van der Waals surface area contributed by atoms with E-state index < -0.39 is 0 Å². The van der Waals surface area contributed by atoms with Crippen LogP contribution in [0.4, 0.5) is 0 Å². The molecule has 0 N–H and O–H groups in total. The van der Waals surface area contributed by atoms with Gasteiger partial charge in [-0.2, -0.15) is 0 Å². The molecule has 3 heteroatoms. The maximum atomic E-state index is 5.69. The summed E-state index contributed by atoms with van der Waals surface area (Å²) in [5.74, 6) is 1.86. The van der Waals surface area contributed by atoms with Crippen LogP contribution >= 0.6 is 15.9 Å². The Labute approximate surface area is 128 Å². The van der Waals surface area contributed by atoms with Crippen LogP contribution in [0.3, 0.4) is 0 Å². The van der Waals surface area contributed by atoms with Crippen LogP contribution in [0, 0.1) is 0 Å². The first-order valence-corrected chi connectivity index (χ1v) is 7.65. The van der Waals surface area contributed by atoms with Gasteiger partial charge in [-0.3, -0.25) is 0 Å². The standard InChI is InChI=1S/C17H19BrO2/c1-3-20-17-11-7-5-9-14(17)15(18)12-13-8-4-6-10-16(13)19-2/h4-11,15H,3,12H2,1-2H3. The summed E-state index contributed by atoms with van der Waals surface area (Å²) in [5.41, 5.74) is 2.35. The Bertz CT molecular complexity index is 554. The molecule has 1 unspecified atom stereocenters. The van der Waals surface area contributed by atoms with Crippen LogP contribution in [0.1, 0.15) is 22.9 Å². The Morgan fingerprint density at radius 2 is 1.65 bits per heavy atom. The second kappa shape index (κ2) is 7.34. The lowest BCUT2D eigenvalue weighted by Gasteiger charge is -2.16. The minimum atomic E-state index is 0.196. The fraction of sp³-hybridized carbons (Fsp3) is 0.294. The van der Waals surface area contributed by atoms with Crippen LogP contribution in [0.5, 0.6) is 11.5 Å². The molecule has 0 aliphatic rings. The molecule has 0 saturated heterocycles. The van der Waals surface area contributed by atoms with Crippen molar-refractivity contribution in [1.29, 1.82) is 0 Å². The zero-order valence-corrected chi connectivity index (χ0v) is 13.4. The molecule has 20 heavy (non-hydrogen) atoms. The van der Waals surface area contributed by atoms with Crippen LogP contribution in [-0.2, 0) is 6.42 Å². The number of ether oxygens (including phenoxy) is 2. The molecule has 0 aliphatic carbocycles. The molecular formula is C17H19BrO2. The Kier molecular flexibility index (Phi) is 5.48. The molecule has 0 fully saturated rings. The topological polar surface area (TPSA) is 18.5 Å². The van der Waals surface area contributed by atoms with E-state index in [1.165, 1.54) is 11.1 Å². The maximum Gasteiger partial charge on any atom is 0.123 e. The Morgan fingerprint density at radius 3 is 2.35 bits per heavy atom. The van der Waals surface area contributed by atoms with Crippen molar-refractivity contribution in [2.24, 2.45) is 0 Å². The second-order valence-corrected chi connectivity index (χ2v) is 5.56. The van der Waals surface area contributed by atoms with Gasteiger partial charge in [-0.15, -0.1) is 0 Å². The lowest BCUT2D eigenvalue weighted by molar-refractivity contribution is 0.336. The summed E-state index contributed by atoms with van der Waals surface area (Å²) >= 11 is 3.77. The molecule has 0 heterocycles. The van der Waals surface area contributed by atoms with Crippen LogP contribution < -0.4 is 9.47 Å². The zero-order valence-electron chi connectivity index (χ0n) is 11.8. The van der Waals surface area contributed by atoms with E-state index >= 15 is 0 Å². The molecule has 2 nitrogen and oxygen atoms in total. The molecular weight excluding hydrogens is 316 g/mol. The molecule has 2 aromatic rings. The van der Waals surface area contributed by atoms with Crippen molar-refractivity contribution < 1.29 is 9.47 Å². The van der Waals surface area contributed by atoms with E-state index in [0.717, 1.165) is 17.9 Å². The lowest BCUT2D eigenvalue weighted by atomic mass is 10.0. The Morgan fingerprint density at radius 1 is 1.00 bits per heavy atom. The molecule has 0 aromatic heterocycles. The first-order chi connectivity index (χ1) is 9.76. The molecule has 106 valence electrons. The Hall–Kier alpha value is -1.48. The third-order valence-corrected chi connectivity index (χ3v) is 3.96. The highest BCUT2D eigenvalue weighted by Crippen LogP contribution is 2.35. The highest BCUT2D eigenvalue weighted by molar-refractivity contribution is 9.09. The number of rotatable bonds is 6. The predicted octanol–water partition coefficient (Wildman–Crippen LogP) is 4.77. The average Bonchev–Trinajstić information content (AvgIpc) is 2.48. The van der Waals surface area contributed by atoms with E-state index in [1.807, 2.05) is 43.3 Å².